The van der Waals surface area contributed by atoms with E-state index in [0.717, 1.165) is 12.8 Å². The molecule has 8 heteroatoms. The Morgan fingerprint density at radius 1 is 1.19 bits per heavy atom. The maximum absolute atomic E-state index is 12.6. The van der Waals surface area contributed by atoms with E-state index in [2.05, 4.69) is 5.32 Å². The molecule has 0 radical (unpaired) electrons. The lowest BCUT2D eigenvalue weighted by atomic mass is 9.74. The van der Waals surface area contributed by atoms with Crippen LogP contribution in [-0.4, -0.2) is 64.4 Å². The summed E-state index contributed by atoms with van der Waals surface area (Å²) in [5.41, 5.74) is 6.49. The number of aliphatic hydroxyl groups is 1. The van der Waals surface area contributed by atoms with Crippen molar-refractivity contribution in [3.63, 3.8) is 0 Å². The predicted octanol–water partition coefficient (Wildman–Crippen LogP) is 1.06. The number of amides is 2. The maximum Gasteiger partial charge on any atom is 0.227 e. The average Bonchev–Trinajstić information content (AvgIpc) is 2.64. The second kappa shape index (κ2) is 8.63. The number of likely N-dealkylation sites (tertiary alicyclic amines) is 1. The molecule has 3 fully saturated rings. The van der Waals surface area contributed by atoms with E-state index in [4.69, 9.17) is 28.9 Å². The number of nitrogens with zero attached hydrogens (tertiary/aromatic N) is 1. The summed E-state index contributed by atoms with van der Waals surface area (Å²) in [7, 11) is 0. The zero-order chi connectivity index (χ0) is 18.8. The van der Waals surface area contributed by atoms with Gasteiger partial charge in [0, 0.05) is 38.0 Å². The van der Waals surface area contributed by atoms with Crippen LogP contribution in [0.25, 0.3) is 0 Å². The van der Waals surface area contributed by atoms with Crippen LogP contribution in [0.1, 0.15) is 38.5 Å². The van der Waals surface area contributed by atoms with Crippen LogP contribution in [0.15, 0.2) is 0 Å². The average molecular weight is 406 g/mol. The number of rotatable bonds is 3. The Labute approximate surface area is 164 Å². The molecule has 2 aliphatic heterocycles. The number of hydrogen-bond acceptors (Lipinski definition) is 4. The molecule has 2 saturated heterocycles. The number of halogens is 2. The van der Waals surface area contributed by atoms with Crippen LogP contribution in [0.2, 0.25) is 0 Å². The normalized spacial score (nSPS) is 37.9. The molecule has 0 aromatic heterocycles. The Kier molecular flexibility index (Phi) is 6.70. The molecule has 148 valence electrons. The number of carbonyl (C=O) groups excluding carboxylic acids is 2. The van der Waals surface area contributed by atoms with Gasteiger partial charge in [-0.1, -0.05) is 0 Å². The summed E-state index contributed by atoms with van der Waals surface area (Å²) < 4.78 is 0. The van der Waals surface area contributed by atoms with E-state index >= 15 is 0 Å². The summed E-state index contributed by atoms with van der Waals surface area (Å²) in [6.07, 6.45) is 3.36. The minimum Gasteiger partial charge on any atom is -0.393 e. The summed E-state index contributed by atoms with van der Waals surface area (Å²) in [5, 5.41) is 12.8. The Bertz CT molecular complexity index is 518. The van der Waals surface area contributed by atoms with Crippen LogP contribution >= 0.6 is 23.2 Å². The third-order valence-corrected chi connectivity index (χ3v) is 7.45. The fraction of sp³-hybridized carbons (Fsp3) is 0.889. The fourth-order valence-electron chi connectivity index (χ4n) is 4.59. The van der Waals surface area contributed by atoms with Crippen molar-refractivity contribution in [3.05, 3.63) is 0 Å². The first-order valence-corrected chi connectivity index (χ1v) is 10.5. The van der Waals surface area contributed by atoms with Gasteiger partial charge in [0.25, 0.3) is 0 Å². The molecule has 3 aliphatic rings. The van der Waals surface area contributed by atoms with Crippen molar-refractivity contribution < 1.29 is 14.7 Å². The molecule has 2 heterocycles. The van der Waals surface area contributed by atoms with Crippen LogP contribution in [0.4, 0.5) is 0 Å². The highest BCUT2D eigenvalue weighted by atomic mass is 35.5. The molecule has 6 atom stereocenters. The molecule has 0 aromatic rings. The van der Waals surface area contributed by atoms with Crippen molar-refractivity contribution in [3.8, 4) is 0 Å². The van der Waals surface area contributed by atoms with Gasteiger partial charge in [-0.3, -0.25) is 9.59 Å². The van der Waals surface area contributed by atoms with E-state index in [9.17, 15) is 14.7 Å². The number of hydrogen-bond donors (Lipinski definition) is 3. The Morgan fingerprint density at radius 2 is 1.85 bits per heavy atom. The number of carbonyl (C=O) groups is 2. The third-order valence-electron chi connectivity index (χ3n) is 6.36. The Hall–Kier alpha value is -0.560. The zero-order valence-electron chi connectivity index (χ0n) is 14.9. The van der Waals surface area contributed by atoms with Crippen LogP contribution in [0.3, 0.4) is 0 Å². The maximum atomic E-state index is 12.6. The molecule has 0 aromatic carbocycles. The summed E-state index contributed by atoms with van der Waals surface area (Å²) in [6.45, 7) is 1.82. The molecule has 3 rings (SSSR count). The Balaban J connectivity index is 1.50. The molecule has 4 unspecified atom stereocenters. The molecule has 2 amide bonds. The summed E-state index contributed by atoms with van der Waals surface area (Å²) >= 11 is 12.4. The zero-order valence-corrected chi connectivity index (χ0v) is 16.5. The van der Waals surface area contributed by atoms with E-state index in [1.54, 1.807) is 0 Å². The van der Waals surface area contributed by atoms with Gasteiger partial charge >= 0.3 is 0 Å². The minimum absolute atomic E-state index is 0.0292. The predicted molar refractivity (Wildman–Crippen MR) is 101 cm³/mol. The minimum atomic E-state index is -0.506. The number of piperidine rings is 2. The smallest absolute Gasteiger partial charge is 0.227 e. The molecule has 26 heavy (non-hydrogen) atoms. The Morgan fingerprint density at radius 3 is 2.46 bits per heavy atom. The van der Waals surface area contributed by atoms with Crippen LogP contribution in [-0.2, 0) is 9.59 Å². The lowest BCUT2D eigenvalue weighted by Gasteiger charge is -2.43. The number of aliphatic hydroxyl groups excluding tert-OH is 1. The van der Waals surface area contributed by atoms with Crippen molar-refractivity contribution in [2.45, 2.75) is 61.4 Å². The van der Waals surface area contributed by atoms with E-state index in [0.29, 0.717) is 45.3 Å². The fourth-order valence-corrected chi connectivity index (χ4v) is 5.18. The van der Waals surface area contributed by atoms with Crippen molar-refractivity contribution >= 4 is 35.0 Å². The lowest BCUT2D eigenvalue weighted by molar-refractivity contribution is -0.139. The van der Waals surface area contributed by atoms with E-state index in [1.807, 2.05) is 4.90 Å². The van der Waals surface area contributed by atoms with Gasteiger partial charge in [-0.2, -0.15) is 0 Å². The van der Waals surface area contributed by atoms with Crippen LogP contribution in [0, 0.1) is 17.8 Å². The van der Waals surface area contributed by atoms with Gasteiger partial charge in [0.2, 0.25) is 11.8 Å². The largest absolute Gasteiger partial charge is 0.393 e. The molecule has 0 bridgehead atoms. The summed E-state index contributed by atoms with van der Waals surface area (Å²) in [6, 6.07) is -0.123. The number of alkyl halides is 2. The quantitative estimate of drug-likeness (QED) is 0.611. The highest BCUT2D eigenvalue weighted by Crippen LogP contribution is 2.37. The molecule has 4 N–H and O–H groups in total. The highest BCUT2D eigenvalue weighted by molar-refractivity contribution is 6.30. The molecule has 0 spiro atoms. The first-order valence-electron chi connectivity index (χ1n) is 9.64. The first kappa shape index (κ1) is 20.2. The van der Waals surface area contributed by atoms with Crippen molar-refractivity contribution in [2.75, 3.05) is 19.6 Å². The SMILES string of the molecule is N[C@H](C1CCN(C(=O)[C@H]2CCC(=O)NC2)CC1)C1CC(Cl)C(Cl)CC1O. The van der Waals surface area contributed by atoms with E-state index < -0.39 is 6.10 Å². The van der Waals surface area contributed by atoms with Crippen molar-refractivity contribution in [2.24, 2.45) is 23.5 Å². The van der Waals surface area contributed by atoms with Gasteiger partial charge in [0.15, 0.2) is 0 Å². The highest BCUT2D eigenvalue weighted by Gasteiger charge is 2.41. The van der Waals surface area contributed by atoms with E-state index in [1.165, 1.54) is 0 Å². The van der Waals surface area contributed by atoms with Crippen LogP contribution in [0.5, 0.6) is 0 Å². The monoisotopic (exact) mass is 405 g/mol. The molecular formula is C18H29Cl2N3O3. The summed E-state index contributed by atoms with van der Waals surface area (Å²) in [4.78, 5) is 25.8. The van der Waals surface area contributed by atoms with Gasteiger partial charge in [-0.05, 0) is 38.0 Å². The van der Waals surface area contributed by atoms with Crippen molar-refractivity contribution in [1.29, 1.82) is 0 Å². The lowest BCUT2D eigenvalue weighted by Crippen LogP contribution is -2.53. The molecule has 1 aliphatic carbocycles. The first-order chi connectivity index (χ1) is 12.4. The number of nitrogens with two attached hydrogens (primary N) is 1. The second-order valence-corrected chi connectivity index (χ2v) is 9.14. The summed E-state index contributed by atoms with van der Waals surface area (Å²) in [5.74, 6) is 0.312. The van der Waals surface area contributed by atoms with Gasteiger partial charge in [-0.15, -0.1) is 23.2 Å². The van der Waals surface area contributed by atoms with Gasteiger partial charge in [-0.25, -0.2) is 0 Å². The van der Waals surface area contributed by atoms with Gasteiger partial charge < -0.3 is 21.1 Å². The molecular weight excluding hydrogens is 377 g/mol. The third kappa shape index (κ3) is 4.46. The van der Waals surface area contributed by atoms with Crippen molar-refractivity contribution in [1.82, 2.24) is 10.2 Å². The molecule has 6 nitrogen and oxygen atoms in total. The molecule has 1 saturated carbocycles. The second-order valence-electron chi connectivity index (χ2n) is 8.01. The standard InChI is InChI=1S/C18H29Cl2N3O3/c19-13-7-12(15(24)8-14(13)20)17(21)10-3-5-23(6-4-10)18(26)11-1-2-16(25)22-9-11/h10-15,17,24H,1-9,21H2,(H,22,25)/t11-,12?,13?,14?,15?,17+/m0/s1. The number of nitrogens with one attached hydrogen (secondary N) is 1. The van der Waals surface area contributed by atoms with Gasteiger partial charge in [0.1, 0.15) is 0 Å². The van der Waals surface area contributed by atoms with Gasteiger partial charge in [0.05, 0.1) is 22.8 Å². The topological polar surface area (TPSA) is 95.7 Å². The van der Waals surface area contributed by atoms with Crippen LogP contribution < -0.4 is 11.1 Å². The van der Waals surface area contributed by atoms with E-state index in [-0.39, 0.29) is 46.4 Å².